The van der Waals surface area contributed by atoms with Gasteiger partial charge in [0.2, 0.25) is 0 Å². The Balaban J connectivity index is 0.000000163. The molecule has 262 valence electrons. The van der Waals surface area contributed by atoms with Crippen LogP contribution in [0.3, 0.4) is 0 Å². The molecule has 0 radical (unpaired) electrons. The number of halogens is 2. The van der Waals surface area contributed by atoms with Crippen LogP contribution in [0.4, 0.5) is 0 Å². The van der Waals surface area contributed by atoms with E-state index in [0.717, 1.165) is 19.3 Å². The molecule has 0 heterocycles. The zero-order valence-electron chi connectivity index (χ0n) is 31.4. The SMILES string of the molecule is CC1=Cc2cccc(CC3C=C(C(C)(C)C)c4ccccc43)c2C1.Cc1cc2cccc(C[c-]3cc(C(C)(C)C)c4ccccc43)c2[cH-]1.[Cl][Zr][Cl]. The molecule has 0 amide bonds. The topological polar surface area (TPSA) is 0 Å². The molecule has 0 aromatic heterocycles. The van der Waals surface area contributed by atoms with Crippen LogP contribution in [0.2, 0.25) is 0 Å². The number of hydrogen-bond donors (Lipinski definition) is 0. The molecule has 0 N–H and O–H groups in total. The maximum atomic E-state index is 4.93. The van der Waals surface area contributed by atoms with Gasteiger partial charge in [-0.3, -0.25) is 0 Å². The Morgan fingerprint density at radius 1 is 0.804 bits per heavy atom. The molecule has 0 saturated heterocycles. The quantitative estimate of drug-likeness (QED) is 0.156. The molecule has 2 aliphatic rings. The molecule has 8 rings (SSSR count). The van der Waals surface area contributed by atoms with Crippen molar-refractivity contribution in [1.29, 1.82) is 0 Å². The van der Waals surface area contributed by atoms with Crippen LogP contribution >= 0.6 is 17.0 Å². The molecule has 2 aliphatic carbocycles. The molecular formula is C48H50Cl2Zr-2. The van der Waals surface area contributed by atoms with E-state index in [-0.39, 0.29) is 10.8 Å². The summed E-state index contributed by atoms with van der Waals surface area (Å²) in [6.45, 7) is 18.3. The van der Waals surface area contributed by atoms with Gasteiger partial charge in [0.1, 0.15) is 0 Å². The average molecular weight is 789 g/mol. The van der Waals surface area contributed by atoms with Crippen molar-refractivity contribution in [3.8, 4) is 0 Å². The number of aryl methyl sites for hydroxylation is 1. The van der Waals surface area contributed by atoms with E-state index in [2.05, 4.69) is 171 Å². The zero-order valence-corrected chi connectivity index (χ0v) is 35.4. The first kappa shape index (κ1) is 37.8. The molecule has 6 aromatic rings. The van der Waals surface area contributed by atoms with Gasteiger partial charge < -0.3 is 0 Å². The Labute approximate surface area is 325 Å². The molecular weight excluding hydrogens is 739 g/mol. The predicted octanol–water partition coefficient (Wildman–Crippen LogP) is 14.4. The Morgan fingerprint density at radius 2 is 1.49 bits per heavy atom. The Kier molecular flexibility index (Phi) is 11.5. The Bertz CT molecular complexity index is 2220. The summed E-state index contributed by atoms with van der Waals surface area (Å²) < 4.78 is 0. The predicted molar refractivity (Wildman–Crippen MR) is 221 cm³/mol. The van der Waals surface area contributed by atoms with Gasteiger partial charge in [-0.15, -0.1) is 86.3 Å². The molecule has 0 aliphatic heterocycles. The van der Waals surface area contributed by atoms with Crippen LogP contribution in [-0.2, 0) is 45.5 Å². The van der Waals surface area contributed by atoms with E-state index in [1.54, 1.807) is 5.56 Å². The van der Waals surface area contributed by atoms with Gasteiger partial charge in [-0.25, -0.2) is 0 Å². The molecule has 51 heavy (non-hydrogen) atoms. The van der Waals surface area contributed by atoms with Crippen molar-refractivity contribution in [2.45, 2.75) is 86.0 Å². The van der Waals surface area contributed by atoms with Crippen LogP contribution < -0.4 is 0 Å². The van der Waals surface area contributed by atoms with Gasteiger partial charge in [0, 0.05) is 5.92 Å². The van der Waals surface area contributed by atoms with E-state index in [1.165, 1.54) is 77.2 Å². The summed E-state index contributed by atoms with van der Waals surface area (Å²) >= 11 is -0.826. The van der Waals surface area contributed by atoms with Crippen LogP contribution in [0.15, 0.2) is 115 Å². The first-order chi connectivity index (χ1) is 24.3. The fourth-order valence-electron chi connectivity index (χ4n) is 8.20. The third-order valence-electron chi connectivity index (χ3n) is 10.5. The van der Waals surface area contributed by atoms with Crippen molar-refractivity contribution in [1.82, 2.24) is 0 Å². The second kappa shape index (κ2) is 15.6. The van der Waals surface area contributed by atoms with Gasteiger partial charge in [-0.1, -0.05) is 133 Å². The number of allylic oxidation sites excluding steroid dienone is 3. The van der Waals surface area contributed by atoms with Crippen molar-refractivity contribution in [3.63, 3.8) is 0 Å². The number of benzene rings is 4. The van der Waals surface area contributed by atoms with E-state index >= 15 is 0 Å². The monoisotopic (exact) mass is 786 g/mol. The van der Waals surface area contributed by atoms with E-state index in [1.807, 2.05) is 0 Å². The van der Waals surface area contributed by atoms with Crippen LogP contribution in [0.1, 0.15) is 104 Å². The molecule has 1 atom stereocenters. The average Bonchev–Trinajstić information content (AvgIpc) is 3.84. The van der Waals surface area contributed by atoms with Crippen molar-refractivity contribution in [2.24, 2.45) is 5.41 Å². The molecule has 0 bridgehead atoms. The zero-order chi connectivity index (χ0) is 36.5. The summed E-state index contributed by atoms with van der Waals surface area (Å²) in [5.41, 5.74) is 16.5. The van der Waals surface area contributed by atoms with Crippen molar-refractivity contribution < 1.29 is 20.8 Å². The van der Waals surface area contributed by atoms with Crippen molar-refractivity contribution in [3.05, 3.63) is 165 Å². The van der Waals surface area contributed by atoms with E-state index < -0.39 is 20.8 Å². The molecule has 0 fully saturated rings. The van der Waals surface area contributed by atoms with Gasteiger partial charge in [0.05, 0.1) is 0 Å². The van der Waals surface area contributed by atoms with Crippen molar-refractivity contribution in [2.75, 3.05) is 0 Å². The van der Waals surface area contributed by atoms with Crippen LogP contribution in [0, 0.1) is 12.3 Å². The Hall–Kier alpha value is -2.96. The minimum atomic E-state index is -0.826. The van der Waals surface area contributed by atoms with E-state index in [0.29, 0.717) is 5.92 Å². The fraction of sp³-hybridized carbons (Fsp3) is 0.292. The van der Waals surface area contributed by atoms with Gasteiger partial charge in [-0.2, -0.15) is 6.07 Å². The minimum absolute atomic E-state index is 0.167. The van der Waals surface area contributed by atoms with Gasteiger partial charge >= 0.3 is 37.9 Å². The maximum absolute atomic E-state index is 4.93. The molecule has 6 aromatic carbocycles. The first-order valence-electron chi connectivity index (χ1n) is 18.2. The van der Waals surface area contributed by atoms with Crippen LogP contribution in [0.5, 0.6) is 0 Å². The Morgan fingerprint density at radius 3 is 2.24 bits per heavy atom. The normalized spacial score (nSPS) is 15.0. The molecule has 0 saturated carbocycles. The second-order valence-corrected chi connectivity index (χ2v) is 20.2. The molecule has 3 heteroatoms. The van der Waals surface area contributed by atoms with Gasteiger partial charge in [0.15, 0.2) is 0 Å². The number of hydrogen-bond acceptors (Lipinski definition) is 0. The molecule has 0 nitrogen and oxygen atoms in total. The molecule has 1 unspecified atom stereocenters. The molecule has 0 spiro atoms. The summed E-state index contributed by atoms with van der Waals surface area (Å²) in [5, 5.41) is 5.57. The standard InChI is InChI=1S/C24H26.C24H24.2ClH.Zr/c2*1-16-12-17-8-7-9-18(22(17)13-16)14-19-15-23(24(2,3)4)21-11-6-5-10-20(19)21;;;/h5-12,15,19H,13-14H2,1-4H3;5-13,15H,14H2,1-4H3;2*1H;/q;-2;;;+2/p-2. The van der Waals surface area contributed by atoms with Gasteiger partial charge in [0.25, 0.3) is 0 Å². The van der Waals surface area contributed by atoms with E-state index in [9.17, 15) is 0 Å². The van der Waals surface area contributed by atoms with E-state index in [4.69, 9.17) is 17.0 Å². The third kappa shape index (κ3) is 8.33. The summed E-state index contributed by atoms with van der Waals surface area (Å²) in [6, 6.07) is 38.4. The van der Waals surface area contributed by atoms with Crippen LogP contribution in [0.25, 0.3) is 33.2 Å². The first-order valence-corrected chi connectivity index (χ1v) is 24.5. The summed E-state index contributed by atoms with van der Waals surface area (Å²) in [7, 11) is 9.87. The fourth-order valence-corrected chi connectivity index (χ4v) is 8.20. The summed E-state index contributed by atoms with van der Waals surface area (Å²) in [4.78, 5) is 0. The third-order valence-corrected chi connectivity index (χ3v) is 10.5. The summed E-state index contributed by atoms with van der Waals surface area (Å²) in [5.74, 6) is 0.503. The number of fused-ring (bicyclic) bond motifs is 4. The van der Waals surface area contributed by atoms with Gasteiger partial charge in [-0.05, 0) is 58.6 Å². The second-order valence-electron chi connectivity index (χ2n) is 16.5. The summed E-state index contributed by atoms with van der Waals surface area (Å²) in [6.07, 6.45) is 8.10. The van der Waals surface area contributed by atoms with Crippen LogP contribution in [-0.4, -0.2) is 0 Å². The number of rotatable bonds is 4. The van der Waals surface area contributed by atoms with Crippen molar-refractivity contribution >= 4 is 50.2 Å².